The molecule has 0 amide bonds. The minimum absolute atomic E-state index is 0.145. The van der Waals surface area contributed by atoms with Gasteiger partial charge in [-0.2, -0.15) is 8.78 Å². The average Bonchev–Trinajstić information content (AvgIpc) is 3.55. The number of nitrogens with zero attached hydrogens (tertiary/aromatic N) is 8. The number of alkyl halides is 2. The van der Waals surface area contributed by atoms with Gasteiger partial charge in [-0.3, -0.25) is 4.90 Å². The maximum atomic E-state index is 14.8. The van der Waals surface area contributed by atoms with Crippen LogP contribution in [0.4, 0.5) is 19.0 Å². The van der Waals surface area contributed by atoms with Crippen LogP contribution in [0.2, 0.25) is 0 Å². The average molecular weight is 511 g/mol. The standard InChI is InChI=1S/C25H25F3N8O/c26-20-12-17(24-31-32-25(37-24)23(27)28)4-5-18(20)14-36-15-21(30-33-36)16-6-7-29-22(13-16)35-10-8-34(9-11-35)19-2-1-3-19/h4-7,12-13,15,19,23H,1-3,8-11,14H2. The Balaban J connectivity index is 1.13. The molecule has 0 N–H and O–H groups in total. The Morgan fingerprint density at radius 1 is 0.973 bits per heavy atom. The van der Waals surface area contributed by atoms with Crippen LogP contribution in [0.25, 0.3) is 22.7 Å². The summed E-state index contributed by atoms with van der Waals surface area (Å²) in [6.45, 7) is 4.14. The number of hydrogen-bond donors (Lipinski definition) is 0. The topological polar surface area (TPSA) is 89.0 Å². The zero-order chi connectivity index (χ0) is 25.4. The summed E-state index contributed by atoms with van der Waals surface area (Å²) in [6, 6.07) is 8.91. The molecule has 37 heavy (non-hydrogen) atoms. The molecule has 0 unspecified atom stereocenters. The molecular weight excluding hydrogens is 485 g/mol. The van der Waals surface area contributed by atoms with Crippen molar-refractivity contribution in [3.05, 3.63) is 60.0 Å². The predicted octanol–water partition coefficient (Wildman–Crippen LogP) is 4.19. The SMILES string of the molecule is Fc1cc(-c2nnc(C(F)F)o2)ccc1Cn1cc(-c2ccnc(N3CCN(C4CCC4)CC3)c2)nn1. The summed E-state index contributed by atoms with van der Waals surface area (Å²) in [5.41, 5.74) is 2.13. The number of anilines is 1. The van der Waals surface area contributed by atoms with Gasteiger partial charge in [0.1, 0.15) is 17.3 Å². The first-order valence-electron chi connectivity index (χ1n) is 12.3. The summed E-state index contributed by atoms with van der Waals surface area (Å²) in [5.74, 6) is -0.594. The van der Waals surface area contributed by atoms with Gasteiger partial charge in [0.2, 0.25) is 5.89 Å². The number of pyridine rings is 1. The van der Waals surface area contributed by atoms with E-state index in [9.17, 15) is 13.2 Å². The van der Waals surface area contributed by atoms with Gasteiger partial charge in [0.15, 0.2) is 0 Å². The van der Waals surface area contributed by atoms with E-state index in [0.29, 0.717) is 11.3 Å². The van der Waals surface area contributed by atoms with Crippen LogP contribution in [0.5, 0.6) is 0 Å². The van der Waals surface area contributed by atoms with Crippen LogP contribution in [-0.2, 0) is 6.54 Å². The van der Waals surface area contributed by atoms with Crippen molar-refractivity contribution in [3.8, 4) is 22.7 Å². The van der Waals surface area contributed by atoms with E-state index in [4.69, 9.17) is 4.42 Å². The summed E-state index contributed by atoms with van der Waals surface area (Å²) < 4.78 is 46.6. The monoisotopic (exact) mass is 510 g/mol. The highest BCUT2D eigenvalue weighted by Crippen LogP contribution is 2.28. The third-order valence-corrected chi connectivity index (χ3v) is 7.07. The van der Waals surface area contributed by atoms with Gasteiger partial charge < -0.3 is 9.32 Å². The molecule has 2 aliphatic rings. The van der Waals surface area contributed by atoms with Crippen molar-refractivity contribution in [2.24, 2.45) is 0 Å². The van der Waals surface area contributed by atoms with Gasteiger partial charge >= 0.3 is 6.43 Å². The number of rotatable bonds is 7. The molecule has 1 saturated heterocycles. The summed E-state index contributed by atoms with van der Waals surface area (Å²) in [6.07, 6.45) is 4.63. The zero-order valence-corrected chi connectivity index (χ0v) is 20.0. The van der Waals surface area contributed by atoms with Crippen LogP contribution in [-0.4, -0.2) is 67.3 Å². The zero-order valence-electron chi connectivity index (χ0n) is 20.0. The first kappa shape index (κ1) is 23.6. The maximum absolute atomic E-state index is 14.8. The van der Waals surface area contributed by atoms with Crippen LogP contribution in [0.15, 0.2) is 47.1 Å². The fourth-order valence-electron chi connectivity index (χ4n) is 4.75. The van der Waals surface area contributed by atoms with Gasteiger partial charge in [-0.1, -0.05) is 17.7 Å². The highest BCUT2D eigenvalue weighted by atomic mass is 19.3. The molecule has 0 radical (unpaired) electrons. The third kappa shape index (κ3) is 4.93. The van der Waals surface area contributed by atoms with Crippen LogP contribution < -0.4 is 4.90 Å². The third-order valence-electron chi connectivity index (χ3n) is 7.07. The van der Waals surface area contributed by atoms with Crippen LogP contribution in [0.1, 0.15) is 37.1 Å². The van der Waals surface area contributed by atoms with E-state index in [2.05, 4.69) is 35.3 Å². The van der Waals surface area contributed by atoms with E-state index < -0.39 is 18.1 Å². The van der Waals surface area contributed by atoms with Crippen molar-refractivity contribution in [3.63, 3.8) is 0 Å². The normalized spacial score (nSPS) is 16.9. The second kappa shape index (κ2) is 9.92. The van der Waals surface area contributed by atoms with Gasteiger partial charge in [-0.15, -0.1) is 15.3 Å². The van der Waals surface area contributed by atoms with E-state index in [1.165, 1.54) is 31.4 Å². The molecule has 1 aromatic carbocycles. The fourth-order valence-corrected chi connectivity index (χ4v) is 4.75. The molecule has 4 aromatic rings. The maximum Gasteiger partial charge on any atom is 0.314 e. The highest BCUT2D eigenvalue weighted by Gasteiger charge is 2.28. The lowest BCUT2D eigenvalue weighted by molar-refractivity contribution is 0.116. The molecule has 1 saturated carbocycles. The summed E-state index contributed by atoms with van der Waals surface area (Å²) in [5, 5.41) is 15.3. The van der Waals surface area contributed by atoms with Crippen molar-refractivity contribution in [1.82, 2.24) is 35.1 Å². The molecule has 9 nitrogen and oxygen atoms in total. The van der Waals surface area contributed by atoms with E-state index in [1.54, 1.807) is 23.1 Å². The van der Waals surface area contributed by atoms with E-state index in [-0.39, 0.29) is 18.0 Å². The van der Waals surface area contributed by atoms with Crippen molar-refractivity contribution in [1.29, 1.82) is 0 Å². The lowest BCUT2D eigenvalue weighted by Gasteiger charge is -2.43. The van der Waals surface area contributed by atoms with Crippen molar-refractivity contribution >= 4 is 5.82 Å². The fraction of sp³-hybridized carbons (Fsp3) is 0.400. The Morgan fingerprint density at radius 3 is 2.51 bits per heavy atom. The molecule has 6 rings (SSSR count). The summed E-state index contributed by atoms with van der Waals surface area (Å²) in [4.78, 5) is 9.45. The van der Waals surface area contributed by atoms with E-state index in [0.717, 1.165) is 43.6 Å². The molecule has 1 aliphatic heterocycles. The molecule has 192 valence electrons. The van der Waals surface area contributed by atoms with Crippen LogP contribution in [0, 0.1) is 5.82 Å². The predicted molar refractivity (Wildman–Crippen MR) is 128 cm³/mol. The molecule has 0 spiro atoms. The Hall–Kier alpha value is -3.80. The molecule has 4 heterocycles. The van der Waals surface area contributed by atoms with Crippen molar-refractivity contribution < 1.29 is 17.6 Å². The van der Waals surface area contributed by atoms with E-state index in [1.807, 2.05) is 12.1 Å². The second-order valence-corrected chi connectivity index (χ2v) is 9.36. The minimum atomic E-state index is -2.88. The first-order valence-corrected chi connectivity index (χ1v) is 12.3. The lowest BCUT2D eigenvalue weighted by atomic mass is 9.91. The lowest BCUT2D eigenvalue weighted by Crippen LogP contribution is -2.52. The molecule has 0 bridgehead atoms. The van der Waals surface area contributed by atoms with Gasteiger partial charge in [-0.25, -0.2) is 14.1 Å². The quantitative estimate of drug-likeness (QED) is 0.366. The Bertz CT molecular complexity index is 1380. The summed E-state index contributed by atoms with van der Waals surface area (Å²) >= 11 is 0. The van der Waals surface area contributed by atoms with E-state index >= 15 is 0 Å². The van der Waals surface area contributed by atoms with Gasteiger partial charge in [0, 0.05) is 55.1 Å². The molecular formula is C25H25F3N8O. The largest absolute Gasteiger partial charge is 0.415 e. The number of hydrogen-bond acceptors (Lipinski definition) is 8. The summed E-state index contributed by atoms with van der Waals surface area (Å²) in [7, 11) is 0. The van der Waals surface area contributed by atoms with Crippen LogP contribution in [0.3, 0.4) is 0 Å². The number of aromatic nitrogens is 6. The number of halogens is 3. The Kier molecular flexibility index (Phi) is 6.33. The molecule has 0 atom stereocenters. The smallest absolute Gasteiger partial charge is 0.314 e. The molecule has 2 fully saturated rings. The van der Waals surface area contributed by atoms with Crippen molar-refractivity contribution in [2.45, 2.75) is 38.3 Å². The van der Waals surface area contributed by atoms with Gasteiger partial charge in [-0.05, 0) is 37.1 Å². The van der Waals surface area contributed by atoms with Gasteiger partial charge in [0.05, 0.1) is 12.7 Å². The van der Waals surface area contributed by atoms with Gasteiger partial charge in [0.25, 0.3) is 5.89 Å². The van der Waals surface area contributed by atoms with Crippen LogP contribution >= 0.6 is 0 Å². The molecule has 3 aromatic heterocycles. The van der Waals surface area contributed by atoms with Crippen molar-refractivity contribution in [2.75, 3.05) is 31.1 Å². The number of benzene rings is 1. The molecule has 12 heteroatoms. The Morgan fingerprint density at radius 2 is 1.81 bits per heavy atom. The Labute approximate surface area is 210 Å². The minimum Gasteiger partial charge on any atom is -0.415 e. The molecule has 1 aliphatic carbocycles. The first-order chi connectivity index (χ1) is 18.0. The second-order valence-electron chi connectivity index (χ2n) is 9.36. The number of piperazine rings is 1. The highest BCUT2D eigenvalue weighted by molar-refractivity contribution is 5.62.